The highest BCUT2D eigenvalue weighted by Gasteiger charge is 2.30. The normalized spacial score (nSPS) is 12.3. The van der Waals surface area contributed by atoms with Gasteiger partial charge in [-0.25, -0.2) is 0 Å². The molecule has 4 rings (SSSR count). The Bertz CT molecular complexity index is 801. The molecule has 1 nitrogen and oxygen atoms in total. The zero-order valence-electron chi connectivity index (χ0n) is 11.4. The minimum absolute atomic E-state index is 0.246. The third kappa shape index (κ3) is 2.12. The van der Waals surface area contributed by atoms with Gasteiger partial charge in [0.25, 0.3) is 0 Å². The summed E-state index contributed by atoms with van der Waals surface area (Å²) in [7, 11) is 0. The maximum Gasteiger partial charge on any atom is 0.246 e. The summed E-state index contributed by atoms with van der Waals surface area (Å²) in [5.74, 6) is 0. The number of anilines is 2. The van der Waals surface area contributed by atoms with Crippen molar-refractivity contribution in [3.8, 4) is 0 Å². The van der Waals surface area contributed by atoms with Crippen LogP contribution in [0.4, 0.5) is 11.4 Å². The van der Waals surface area contributed by atoms with Crippen molar-refractivity contribution in [3.05, 3.63) is 77.8 Å². The predicted molar refractivity (Wildman–Crippen MR) is 92.3 cm³/mol. The Morgan fingerprint density at radius 3 is 2.29 bits per heavy atom. The Balaban J connectivity index is 1.97. The standard InChI is InChI=1S/C18H13BClN/c20-14-10-11-16-18(12-14)21-17-9-5-4-8-15(17)19(16)13-6-2-1-3-7-13/h1-12,21H. The summed E-state index contributed by atoms with van der Waals surface area (Å²) in [4.78, 5) is 0. The number of rotatable bonds is 1. The van der Waals surface area contributed by atoms with Gasteiger partial charge >= 0.3 is 0 Å². The Labute approximate surface area is 129 Å². The molecule has 3 aromatic rings. The largest absolute Gasteiger partial charge is 0.356 e. The quantitative estimate of drug-likeness (QED) is 0.531. The predicted octanol–water partition coefficient (Wildman–Crippen LogP) is 2.91. The van der Waals surface area contributed by atoms with Crippen LogP contribution in [-0.4, -0.2) is 6.71 Å². The molecule has 0 aliphatic carbocycles. The summed E-state index contributed by atoms with van der Waals surface area (Å²) in [6, 6.07) is 25.2. The molecule has 1 aliphatic rings. The molecule has 0 bridgehead atoms. The van der Waals surface area contributed by atoms with Gasteiger partial charge in [0.2, 0.25) is 6.71 Å². The second-order valence-corrected chi connectivity index (χ2v) is 5.72. The lowest BCUT2D eigenvalue weighted by molar-refractivity contribution is 1.56. The lowest BCUT2D eigenvalue weighted by Crippen LogP contribution is -2.55. The molecule has 3 aromatic carbocycles. The van der Waals surface area contributed by atoms with Crippen LogP contribution in [0.15, 0.2) is 72.8 Å². The second-order valence-electron chi connectivity index (χ2n) is 5.29. The molecule has 0 saturated carbocycles. The van der Waals surface area contributed by atoms with E-state index in [1.54, 1.807) is 0 Å². The first kappa shape index (κ1) is 12.5. The average Bonchev–Trinajstić information content (AvgIpc) is 2.53. The monoisotopic (exact) mass is 289 g/mol. The maximum atomic E-state index is 6.16. The van der Waals surface area contributed by atoms with Crippen LogP contribution >= 0.6 is 11.6 Å². The average molecular weight is 290 g/mol. The summed E-state index contributed by atoms with van der Waals surface area (Å²) in [6.07, 6.45) is 0. The Morgan fingerprint density at radius 2 is 1.43 bits per heavy atom. The molecule has 0 radical (unpaired) electrons. The van der Waals surface area contributed by atoms with Gasteiger partial charge in [-0.15, -0.1) is 0 Å². The third-order valence-electron chi connectivity index (χ3n) is 4.00. The minimum atomic E-state index is 0.246. The van der Waals surface area contributed by atoms with E-state index in [2.05, 4.69) is 66.0 Å². The molecule has 0 spiro atoms. The van der Waals surface area contributed by atoms with Gasteiger partial charge in [0.1, 0.15) is 0 Å². The van der Waals surface area contributed by atoms with Crippen molar-refractivity contribution in [2.75, 3.05) is 5.32 Å². The highest BCUT2D eigenvalue weighted by Crippen LogP contribution is 2.22. The van der Waals surface area contributed by atoms with Crippen molar-refractivity contribution in [1.82, 2.24) is 0 Å². The van der Waals surface area contributed by atoms with E-state index in [0.29, 0.717) is 0 Å². The molecule has 0 unspecified atom stereocenters. The third-order valence-corrected chi connectivity index (χ3v) is 4.24. The van der Waals surface area contributed by atoms with Crippen LogP contribution in [0.25, 0.3) is 0 Å². The van der Waals surface area contributed by atoms with Crippen molar-refractivity contribution in [1.29, 1.82) is 0 Å². The molecule has 0 amide bonds. The molecule has 0 aromatic heterocycles. The van der Waals surface area contributed by atoms with Crippen LogP contribution < -0.4 is 21.7 Å². The number of benzene rings is 3. The van der Waals surface area contributed by atoms with E-state index in [-0.39, 0.29) is 6.71 Å². The van der Waals surface area contributed by atoms with Crippen LogP contribution in [-0.2, 0) is 0 Å². The first-order chi connectivity index (χ1) is 10.3. The smallest absolute Gasteiger partial charge is 0.246 e. The van der Waals surface area contributed by atoms with Gasteiger partial charge in [0.15, 0.2) is 0 Å². The molecular formula is C18H13BClN. The highest BCUT2D eigenvalue weighted by molar-refractivity contribution is 6.97. The first-order valence-corrected chi connectivity index (χ1v) is 7.41. The van der Waals surface area contributed by atoms with E-state index in [0.717, 1.165) is 16.4 Å². The van der Waals surface area contributed by atoms with Gasteiger partial charge in [-0.05, 0) is 29.1 Å². The number of hydrogen-bond donors (Lipinski definition) is 1. The van der Waals surface area contributed by atoms with Gasteiger partial charge in [-0.3, -0.25) is 0 Å². The lowest BCUT2D eigenvalue weighted by atomic mass is 9.35. The summed E-state index contributed by atoms with van der Waals surface area (Å²) in [5, 5.41) is 4.25. The van der Waals surface area contributed by atoms with E-state index in [9.17, 15) is 0 Å². The van der Waals surface area contributed by atoms with E-state index in [1.807, 2.05) is 12.1 Å². The SMILES string of the molecule is Clc1ccc2c(c1)Nc1ccccc1B2c1ccccc1. The van der Waals surface area contributed by atoms with Crippen molar-refractivity contribution in [2.24, 2.45) is 0 Å². The molecule has 100 valence electrons. The fourth-order valence-corrected chi connectivity index (χ4v) is 3.24. The van der Waals surface area contributed by atoms with Crippen LogP contribution in [0.1, 0.15) is 0 Å². The van der Waals surface area contributed by atoms with E-state index >= 15 is 0 Å². The van der Waals surface area contributed by atoms with Crippen LogP contribution in [0.2, 0.25) is 5.02 Å². The van der Waals surface area contributed by atoms with Gasteiger partial charge < -0.3 is 5.32 Å². The van der Waals surface area contributed by atoms with E-state index in [1.165, 1.54) is 16.4 Å². The molecule has 0 saturated heterocycles. The molecular weight excluding hydrogens is 276 g/mol. The fraction of sp³-hybridized carbons (Fsp3) is 0. The van der Waals surface area contributed by atoms with Gasteiger partial charge in [0, 0.05) is 16.4 Å². The first-order valence-electron chi connectivity index (χ1n) is 7.03. The molecule has 21 heavy (non-hydrogen) atoms. The van der Waals surface area contributed by atoms with Crippen LogP contribution in [0.5, 0.6) is 0 Å². The summed E-state index contributed by atoms with van der Waals surface area (Å²) < 4.78 is 0. The van der Waals surface area contributed by atoms with E-state index in [4.69, 9.17) is 11.6 Å². The Kier molecular flexibility index (Phi) is 2.97. The Hall–Kier alpha value is -2.19. The number of fused-ring (bicyclic) bond motifs is 2. The molecule has 3 heteroatoms. The molecule has 0 atom stereocenters. The summed E-state index contributed by atoms with van der Waals surface area (Å²) >= 11 is 6.16. The van der Waals surface area contributed by atoms with E-state index < -0.39 is 0 Å². The maximum absolute atomic E-state index is 6.16. The van der Waals surface area contributed by atoms with Gasteiger partial charge in [0.05, 0.1) is 0 Å². The highest BCUT2D eigenvalue weighted by atomic mass is 35.5. The molecule has 1 aliphatic heterocycles. The van der Waals surface area contributed by atoms with Gasteiger partial charge in [-0.1, -0.05) is 71.7 Å². The topological polar surface area (TPSA) is 12.0 Å². The summed E-state index contributed by atoms with van der Waals surface area (Å²) in [6.45, 7) is 0.246. The van der Waals surface area contributed by atoms with Crippen molar-refractivity contribution in [2.45, 2.75) is 0 Å². The number of nitrogens with one attached hydrogen (secondary N) is 1. The molecule has 1 N–H and O–H groups in total. The second kappa shape index (κ2) is 4.98. The molecule has 0 fully saturated rings. The van der Waals surface area contributed by atoms with Crippen LogP contribution in [0.3, 0.4) is 0 Å². The van der Waals surface area contributed by atoms with Crippen molar-refractivity contribution >= 4 is 46.1 Å². The number of hydrogen-bond acceptors (Lipinski definition) is 1. The van der Waals surface area contributed by atoms with Crippen molar-refractivity contribution in [3.63, 3.8) is 0 Å². The lowest BCUT2D eigenvalue weighted by Gasteiger charge is -2.28. The fourth-order valence-electron chi connectivity index (χ4n) is 3.07. The zero-order chi connectivity index (χ0) is 14.2. The number of halogens is 1. The molecule has 1 heterocycles. The zero-order valence-corrected chi connectivity index (χ0v) is 12.1. The van der Waals surface area contributed by atoms with Crippen LogP contribution in [0, 0.1) is 0 Å². The van der Waals surface area contributed by atoms with Crippen molar-refractivity contribution < 1.29 is 0 Å². The number of para-hydroxylation sites is 1. The summed E-state index contributed by atoms with van der Waals surface area (Å²) in [5.41, 5.74) is 6.12. The Morgan fingerprint density at radius 1 is 0.714 bits per heavy atom. The minimum Gasteiger partial charge on any atom is -0.356 e. The van der Waals surface area contributed by atoms with Gasteiger partial charge in [-0.2, -0.15) is 0 Å².